The largest absolute Gasteiger partial charge is 0.471 e. The maximum atomic E-state index is 13.0. The Hall–Kier alpha value is -1.27. The van der Waals surface area contributed by atoms with Gasteiger partial charge in [0.05, 0.1) is 0 Å². The summed E-state index contributed by atoms with van der Waals surface area (Å²) in [5, 5.41) is 1.95. The van der Waals surface area contributed by atoms with E-state index in [0.29, 0.717) is 42.2 Å². The highest BCUT2D eigenvalue weighted by molar-refractivity contribution is 5.90. The molecule has 0 aromatic rings. The third kappa shape index (κ3) is 2.56. The van der Waals surface area contributed by atoms with Crippen LogP contribution in [-0.2, 0) is 9.59 Å². The second-order valence-electron chi connectivity index (χ2n) is 9.86. The van der Waals surface area contributed by atoms with Gasteiger partial charge in [0.1, 0.15) is 6.04 Å². The molecule has 146 valence electrons. The van der Waals surface area contributed by atoms with Gasteiger partial charge in [0.15, 0.2) is 0 Å². The molecule has 1 N–H and O–H groups in total. The highest BCUT2D eigenvalue weighted by Crippen LogP contribution is 2.75. The van der Waals surface area contributed by atoms with Gasteiger partial charge in [0.25, 0.3) is 0 Å². The molecule has 3 aliphatic carbocycles. The van der Waals surface area contributed by atoms with Gasteiger partial charge in [-0.15, -0.1) is 0 Å². The van der Waals surface area contributed by atoms with E-state index in [2.05, 4.69) is 0 Å². The maximum absolute atomic E-state index is 13.0. The van der Waals surface area contributed by atoms with Gasteiger partial charge in [-0.3, -0.25) is 9.59 Å². The molecule has 5 atom stereocenters. The molecule has 0 aromatic heterocycles. The molecule has 1 saturated heterocycles. The van der Waals surface area contributed by atoms with Crippen LogP contribution in [0.25, 0.3) is 0 Å². The van der Waals surface area contributed by atoms with E-state index in [1.54, 1.807) is 25.7 Å². The number of amides is 2. The van der Waals surface area contributed by atoms with Gasteiger partial charge in [0.2, 0.25) is 5.91 Å². The van der Waals surface area contributed by atoms with Crippen molar-refractivity contribution in [2.45, 2.75) is 58.7 Å². The Morgan fingerprint density at radius 1 is 1.04 bits per heavy atom. The summed E-state index contributed by atoms with van der Waals surface area (Å²) in [7, 11) is 0. The molecule has 4 fully saturated rings. The van der Waals surface area contributed by atoms with Crippen LogP contribution in [0, 0.1) is 34.5 Å². The molecular weight excluding hydrogens is 345 g/mol. The van der Waals surface area contributed by atoms with Crippen LogP contribution in [0.5, 0.6) is 0 Å². The molecule has 0 radical (unpaired) electrons. The Morgan fingerprint density at radius 3 is 1.92 bits per heavy atom. The topological polar surface area (TPSA) is 49.4 Å². The Bertz CT molecular complexity index is 614. The zero-order valence-electron chi connectivity index (χ0n) is 15.5. The number of carbonyl (C=O) groups is 2. The first-order valence-corrected chi connectivity index (χ1v) is 9.61. The zero-order chi connectivity index (χ0) is 19.1. The lowest BCUT2D eigenvalue weighted by Crippen LogP contribution is -2.57. The molecule has 7 heteroatoms. The van der Waals surface area contributed by atoms with Gasteiger partial charge >= 0.3 is 12.1 Å². The number of rotatable bonds is 2. The summed E-state index contributed by atoms with van der Waals surface area (Å²) in [5.74, 6) is -0.0320. The van der Waals surface area contributed by atoms with Crippen LogP contribution < -0.4 is 5.32 Å². The van der Waals surface area contributed by atoms with Crippen LogP contribution in [-0.4, -0.2) is 42.0 Å². The van der Waals surface area contributed by atoms with Crippen molar-refractivity contribution in [3.05, 3.63) is 0 Å². The highest BCUT2D eigenvalue weighted by Gasteiger charge is 2.70. The first kappa shape index (κ1) is 18.1. The molecular formula is C19H27F3N2O2. The minimum atomic E-state index is -4.98. The number of halogens is 3. The standard InChI is InChI=1S/C19H27F3N2O2/c1-17(2,3)14(23-16(26)19(20,21)22)15(25)24-8-10-11(9-24)13-5-4-12(10)18(13)6-7-18/h10-14H,4-9H2,1-3H3,(H,23,26)/t10-,11+,12-,13+,14-/m1/s1. The zero-order valence-corrected chi connectivity index (χ0v) is 15.5. The molecule has 1 heterocycles. The van der Waals surface area contributed by atoms with Gasteiger partial charge in [0, 0.05) is 13.1 Å². The fraction of sp³-hybridized carbons (Fsp3) is 0.895. The molecule has 4 nitrogen and oxygen atoms in total. The first-order valence-electron chi connectivity index (χ1n) is 9.61. The number of hydrogen-bond acceptors (Lipinski definition) is 2. The van der Waals surface area contributed by atoms with Crippen LogP contribution in [0.4, 0.5) is 13.2 Å². The van der Waals surface area contributed by atoms with Crippen molar-refractivity contribution in [1.29, 1.82) is 0 Å². The fourth-order valence-electron chi connectivity index (χ4n) is 6.31. The normalized spacial score (nSPS) is 35.5. The third-order valence-corrected chi connectivity index (χ3v) is 7.50. The van der Waals surface area contributed by atoms with E-state index in [0.717, 1.165) is 0 Å². The fourth-order valence-corrected chi connectivity index (χ4v) is 6.31. The molecule has 0 unspecified atom stereocenters. The predicted molar refractivity (Wildman–Crippen MR) is 88.9 cm³/mol. The lowest BCUT2D eigenvalue weighted by molar-refractivity contribution is -0.176. The molecule has 1 aliphatic heterocycles. The summed E-state index contributed by atoms with van der Waals surface area (Å²) >= 11 is 0. The first-order chi connectivity index (χ1) is 11.9. The second kappa shape index (κ2) is 5.38. The minimum absolute atomic E-state index is 0.367. The quantitative estimate of drug-likeness (QED) is 0.810. The van der Waals surface area contributed by atoms with E-state index in [1.807, 2.05) is 5.32 Å². The van der Waals surface area contributed by atoms with Crippen LogP contribution in [0.2, 0.25) is 0 Å². The summed E-state index contributed by atoms with van der Waals surface area (Å²) in [5.41, 5.74) is -0.245. The third-order valence-electron chi connectivity index (χ3n) is 7.50. The highest BCUT2D eigenvalue weighted by atomic mass is 19.4. The van der Waals surface area contributed by atoms with Crippen molar-refractivity contribution in [2.75, 3.05) is 13.1 Å². The summed E-state index contributed by atoms with van der Waals surface area (Å²) in [6, 6.07) is -1.16. The summed E-state index contributed by atoms with van der Waals surface area (Å²) < 4.78 is 38.1. The number of fused-ring (bicyclic) bond motifs is 3. The maximum Gasteiger partial charge on any atom is 0.471 e. The van der Waals surface area contributed by atoms with Gasteiger partial charge in [-0.25, -0.2) is 0 Å². The van der Waals surface area contributed by atoms with Crippen molar-refractivity contribution >= 4 is 11.8 Å². The van der Waals surface area contributed by atoms with E-state index in [-0.39, 0.29) is 5.91 Å². The molecule has 4 aliphatic rings. The van der Waals surface area contributed by atoms with E-state index < -0.39 is 23.5 Å². The van der Waals surface area contributed by atoms with Crippen molar-refractivity contribution in [2.24, 2.45) is 34.5 Å². The van der Waals surface area contributed by atoms with Gasteiger partial charge in [-0.2, -0.15) is 13.2 Å². The number of hydrogen-bond donors (Lipinski definition) is 1. The number of carbonyl (C=O) groups excluding carboxylic acids is 2. The van der Waals surface area contributed by atoms with Crippen LogP contribution >= 0.6 is 0 Å². The Kier molecular flexibility index (Phi) is 3.75. The van der Waals surface area contributed by atoms with Gasteiger partial charge < -0.3 is 10.2 Å². The lowest BCUT2D eigenvalue weighted by atomic mass is 9.82. The molecule has 3 saturated carbocycles. The SMILES string of the molecule is CC(C)(C)[C@H](NC(=O)C(F)(F)F)C(=O)N1C[C@@H]2[C@H](C1)[C@@H]1CC[C@H]2C12CC2. The van der Waals surface area contributed by atoms with Crippen molar-refractivity contribution < 1.29 is 22.8 Å². The summed E-state index contributed by atoms with van der Waals surface area (Å²) in [4.78, 5) is 26.2. The Balaban J connectivity index is 1.49. The van der Waals surface area contributed by atoms with E-state index in [4.69, 9.17) is 0 Å². The average molecular weight is 372 g/mol. The Labute approximate surface area is 151 Å². The molecule has 1 spiro atoms. The molecule has 26 heavy (non-hydrogen) atoms. The molecule has 0 aromatic carbocycles. The van der Waals surface area contributed by atoms with E-state index in [1.165, 1.54) is 25.7 Å². The summed E-state index contributed by atoms with van der Waals surface area (Å²) in [6.45, 7) is 6.34. The van der Waals surface area contributed by atoms with Crippen LogP contribution in [0.15, 0.2) is 0 Å². The monoisotopic (exact) mass is 372 g/mol. The summed E-state index contributed by atoms with van der Waals surface area (Å²) in [6.07, 6.45) is 0.122. The van der Waals surface area contributed by atoms with Gasteiger partial charge in [-0.05, 0) is 60.2 Å². The number of nitrogens with one attached hydrogen (secondary N) is 1. The second-order valence-corrected chi connectivity index (χ2v) is 9.86. The average Bonchev–Trinajstić information content (AvgIpc) is 2.95. The van der Waals surface area contributed by atoms with Gasteiger partial charge in [-0.1, -0.05) is 20.8 Å². The van der Waals surface area contributed by atoms with Crippen molar-refractivity contribution in [3.8, 4) is 0 Å². The number of likely N-dealkylation sites (tertiary alicyclic amines) is 1. The number of nitrogens with zero attached hydrogens (tertiary/aromatic N) is 1. The molecule has 4 rings (SSSR count). The van der Waals surface area contributed by atoms with E-state index in [9.17, 15) is 22.8 Å². The lowest BCUT2D eigenvalue weighted by Gasteiger charge is -2.34. The van der Waals surface area contributed by atoms with Crippen molar-refractivity contribution in [3.63, 3.8) is 0 Å². The van der Waals surface area contributed by atoms with E-state index >= 15 is 0 Å². The predicted octanol–water partition coefficient (Wildman–Crippen LogP) is 2.97. The van der Waals surface area contributed by atoms with Crippen molar-refractivity contribution in [1.82, 2.24) is 10.2 Å². The Morgan fingerprint density at radius 2 is 1.54 bits per heavy atom. The molecule has 2 bridgehead atoms. The number of alkyl halides is 3. The minimum Gasteiger partial charge on any atom is -0.340 e. The smallest absolute Gasteiger partial charge is 0.340 e. The van der Waals surface area contributed by atoms with Crippen LogP contribution in [0.1, 0.15) is 46.5 Å². The van der Waals surface area contributed by atoms with Crippen LogP contribution in [0.3, 0.4) is 0 Å². The molecule has 2 amide bonds.